The van der Waals surface area contributed by atoms with Crippen LogP contribution in [0, 0.1) is 0 Å². The van der Waals surface area contributed by atoms with Gasteiger partial charge in [0.1, 0.15) is 5.75 Å². The maximum Gasteiger partial charge on any atom is 0.251 e. The van der Waals surface area contributed by atoms with E-state index in [1.165, 1.54) is 0 Å². The Hall–Kier alpha value is -1.75. The Morgan fingerprint density at radius 1 is 1.24 bits per heavy atom. The normalized spacial score (nSPS) is 10.4. The lowest BCUT2D eigenvalue weighted by Crippen LogP contribution is -2.25. The molecule has 3 N–H and O–H groups in total. The lowest BCUT2D eigenvalue weighted by atomic mass is 10.1. The van der Waals surface area contributed by atoms with Gasteiger partial charge in [-0.1, -0.05) is 13.3 Å². The minimum absolute atomic E-state index is 0.119. The summed E-state index contributed by atoms with van der Waals surface area (Å²) in [6.45, 7) is 6.61. The predicted molar refractivity (Wildman–Crippen MR) is 84.7 cm³/mol. The molecule has 0 unspecified atom stereocenters. The quantitative estimate of drug-likeness (QED) is 0.514. The first-order chi connectivity index (χ1) is 10.2. The molecule has 0 bridgehead atoms. The third-order valence-corrected chi connectivity index (χ3v) is 2.99. The molecule has 5 heteroatoms. The smallest absolute Gasteiger partial charge is 0.251 e. The zero-order valence-corrected chi connectivity index (χ0v) is 13.0. The van der Waals surface area contributed by atoms with Crippen LogP contribution in [0.2, 0.25) is 0 Å². The zero-order valence-electron chi connectivity index (χ0n) is 13.0. The van der Waals surface area contributed by atoms with Crippen LogP contribution in [0.15, 0.2) is 18.2 Å². The van der Waals surface area contributed by atoms with E-state index in [1.807, 2.05) is 6.92 Å². The lowest BCUT2D eigenvalue weighted by Gasteiger charge is -2.11. The third kappa shape index (κ3) is 6.49. The monoisotopic (exact) mass is 294 g/mol. The molecule has 0 radical (unpaired) electrons. The second-order valence-corrected chi connectivity index (χ2v) is 4.76. The fraction of sp³-hybridized carbons (Fsp3) is 0.562. The summed E-state index contributed by atoms with van der Waals surface area (Å²) in [4.78, 5) is 12.0. The van der Waals surface area contributed by atoms with Crippen LogP contribution in [0.25, 0.3) is 0 Å². The number of unbranched alkanes of at least 4 members (excludes halogenated alkanes) is 1. The van der Waals surface area contributed by atoms with Crippen molar-refractivity contribution in [2.45, 2.75) is 33.1 Å². The molecule has 1 amide bonds. The number of hydrogen-bond donors (Lipinski definition) is 2. The van der Waals surface area contributed by atoms with E-state index in [9.17, 15) is 4.79 Å². The molecule has 0 aromatic heterocycles. The van der Waals surface area contributed by atoms with Gasteiger partial charge in [-0.3, -0.25) is 4.79 Å². The molecule has 1 aromatic carbocycles. The van der Waals surface area contributed by atoms with Gasteiger partial charge in [0.25, 0.3) is 5.91 Å². The van der Waals surface area contributed by atoms with Crippen molar-refractivity contribution in [2.24, 2.45) is 0 Å². The first-order valence-electron chi connectivity index (χ1n) is 7.57. The zero-order chi connectivity index (χ0) is 15.5. The molecule has 0 aliphatic heterocycles. The van der Waals surface area contributed by atoms with Gasteiger partial charge in [-0.05, 0) is 38.0 Å². The average molecular weight is 294 g/mol. The number of ether oxygens (including phenoxy) is 2. The number of nitrogens with two attached hydrogens (primary N) is 1. The topological polar surface area (TPSA) is 73.6 Å². The summed E-state index contributed by atoms with van der Waals surface area (Å²) < 4.78 is 10.8. The number of carbonyl (C=O) groups excluding carboxylic acids is 1. The molecule has 118 valence electrons. The maximum absolute atomic E-state index is 12.0. The minimum Gasteiger partial charge on any atom is -0.491 e. The number of anilines is 1. The van der Waals surface area contributed by atoms with Crippen LogP contribution in [0.3, 0.4) is 0 Å². The van der Waals surface area contributed by atoms with E-state index in [1.54, 1.807) is 18.2 Å². The molecule has 0 atom stereocenters. The van der Waals surface area contributed by atoms with Crippen molar-refractivity contribution in [1.82, 2.24) is 5.32 Å². The molecule has 0 aliphatic rings. The van der Waals surface area contributed by atoms with Crippen LogP contribution in [-0.4, -0.2) is 32.3 Å². The molecular weight excluding hydrogens is 268 g/mol. The number of nitrogens with one attached hydrogen (secondary N) is 1. The van der Waals surface area contributed by atoms with Crippen LogP contribution in [-0.2, 0) is 4.74 Å². The first kappa shape index (κ1) is 17.3. The van der Waals surface area contributed by atoms with Crippen molar-refractivity contribution in [1.29, 1.82) is 0 Å². The fourth-order valence-corrected chi connectivity index (χ4v) is 1.75. The Morgan fingerprint density at radius 3 is 2.76 bits per heavy atom. The number of carbonyl (C=O) groups is 1. The van der Waals surface area contributed by atoms with Crippen molar-refractivity contribution in [3.63, 3.8) is 0 Å². The second kappa shape index (κ2) is 10.0. The highest BCUT2D eigenvalue weighted by molar-refractivity contribution is 5.95. The van der Waals surface area contributed by atoms with E-state index in [2.05, 4.69) is 12.2 Å². The van der Waals surface area contributed by atoms with Crippen molar-refractivity contribution in [2.75, 3.05) is 32.1 Å². The third-order valence-electron chi connectivity index (χ3n) is 2.99. The summed E-state index contributed by atoms with van der Waals surface area (Å²) >= 11 is 0. The highest BCUT2D eigenvalue weighted by Gasteiger charge is 2.09. The lowest BCUT2D eigenvalue weighted by molar-refractivity contribution is 0.0944. The molecule has 0 fully saturated rings. The minimum atomic E-state index is -0.119. The standard InChI is InChI=1S/C16H26N2O3/c1-3-5-11-21-15-12-13(7-8-14(15)17)16(19)18-9-6-10-20-4-2/h7-8,12H,3-6,9-11,17H2,1-2H3,(H,18,19). The highest BCUT2D eigenvalue weighted by Crippen LogP contribution is 2.23. The Balaban J connectivity index is 2.49. The molecule has 0 spiro atoms. The number of nitrogen functional groups attached to an aromatic ring is 1. The molecule has 1 aromatic rings. The van der Waals surface area contributed by atoms with Crippen molar-refractivity contribution >= 4 is 11.6 Å². The van der Waals surface area contributed by atoms with Crippen molar-refractivity contribution < 1.29 is 14.3 Å². The number of amides is 1. The van der Waals surface area contributed by atoms with Gasteiger partial charge in [0.15, 0.2) is 0 Å². The maximum atomic E-state index is 12.0. The molecule has 1 rings (SSSR count). The van der Waals surface area contributed by atoms with Gasteiger partial charge in [-0.25, -0.2) is 0 Å². The van der Waals surface area contributed by atoms with Gasteiger partial charge in [0.05, 0.1) is 12.3 Å². The molecule has 0 saturated heterocycles. The Labute approximate surface area is 126 Å². The summed E-state index contributed by atoms with van der Waals surface area (Å²) in [6, 6.07) is 5.11. The van der Waals surface area contributed by atoms with Crippen molar-refractivity contribution in [3.8, 4) is 5.75 Å². The highest BCUT2D eigenvalue weighted by atomic mass is 16.5. The number of hydrogen-bond acceptors (Lipinski definition) is 4. The summed E-state index contributed by atoms with van der Waals surface area (Å²) in [5.74, 6) is 0.456. The largest absolute Gasteiger partial charge is 0.491 e. The summed E-state index contributed by atoms with van der Waals surface area (Å²) in [5, 5.41) is 2.86. The van der Waals surface area contributed by atoms with E-state index in [-0.39, 0.29) is 5.91 Å². The van der Waals surface area contributed by atoms with Crippen molar-refractivity contribution in [3.05, 3.63) is 23.8 Å². The molecule has 0 saturated carbocycles. The first-order valence-corrected chi connectivity index (χ1v) is 7.57. The van der Waals surface area contributed by atoms with Gasteiger partial charge in [-0.2, -0.15) is 0 Å². The number of benzene rings is 1. The van der Waals surface area contributed by atoms with Crippen LogP contribution in [0.1, 0.15) is 43.5 Å². The van der Waals surface area contributed by atoms with Crippen LogP contribution in [0.5, 0.6) is 5.75 Å². The molecule has 5 nitrogen and oxygen atoms in total. The molecule has 0 heterocycles. The predicted octanol–water partition coefficient (Wildman–Crippen LogP) is 2.60. The average Bonchev–Trinajstić information content (AvgIpc) is 2.49. The molecular formula is C16H26N2O3. The van der Waals surface area contributed by atoms with Gasteiger partial charge in [0, 0.05) is 25.3 Å². The van der Waals surface area contributed by atoms with Gasteiger partial charge >= 0.3 is 0 Å². The van der Waals surface area contributed by atoms with Crippen LogP contribution in [0.4, 0.5) is 5.69 Å². The van der Waals surface area contributed by atoms with E-state index in [4.69, 9.17) is 15.2 Å². The SMILES string of the molecule is CCCCOc1cc(C(=O)NCCCOCC)ccc1N. The van der Waals surface area contributed by atoms with Crippen LogP contribution < -0.4 is 15.8 Å². The second-order valence-electron chi connectivity index (χ2n) is 4.76. The van der Waals surface area contributed by atoms with E-state index >= 15 is 0 Å². The summed E-state index contributed by atoms with van der Waals surface area (Å²) in [7, 11) is 0. The molecule has 21 heavy (non-hydrogen) atoms. The Morgan fingerprint density at radius 2 is 2.05 bits per heavy atom. The van der Waals surface area contributed by atoms with Gasteiger partial charge < -0.3 is 20.5 Å². The summed E-state index contributed by atoms with van der Waals surface area (Å²) in [6.07, 6.45) is 2.82. The Bertz CT molecular complexity index is 436. The van der Waals surface area contributed by atoms with Crippen LogP contribution >= 0.6 is 0 Å². The van der Waals surface area contributed by atoms with Gasteiger partial charge in [0.2, 0.25) is 0 Å². The Kier molecular flexibility index (Phi) is 8.28. The van der Waals surface area contributed by atoms with E-state index in [0.29, 0.717) is 43.4 Å². The van der Waals surface area contributed by atoms with E-state index < -0.39 is 0 Å². The summed E-state index contributed by atoms with van der Waals surface area (Å²) in [5.41, 5.74) is 6.97. The van der Waals surface area contributed by atoms with E-state index in [0.717, 1.165) is 19.3 Å². The van der Waals surface area contributed by atoms with Gasteiger partial charge in [-0.15, -0.1) is 0 Å². The number of rotatable bonds is 10. The molecule has 0 aliphatic carbocycles. The fourth-order valence-electron chi connectivity index (χ4n) is 1.75.